The van der Waals surface area contributed by atoms with Crippen LogP contribution in [0.15, 0.2) is 42.5 Å². The van der Waals surface area contributed by atoms with Gasteiger partial charge < -0.3 is 15.0 Å². The van der Waals surface area contributed by atoms with Gasteiger partial charge in [-0.3, -0.25) is 14.5 Å². The fraction of sp³-hybridized carbons (Fsp3) is 0.333. The van der Waals surface area contributed by atoms with Gasteiger partial charge in [-0.05, 0) is 55.0 Å². The van der Waals surface area contributed by atoms with Crippen molar-refractivity contribution >= 4 is 29.1 Å². The summed E-state index contributed by atoms with van der Waals surface area (Å²) in [4.78, 5) is 28.3. The normalized spacial score (nSPS) is 14.5. The van der Waals surface area contributed by atoms with Crippen LogP contribution in [0.3, 0.4) is 0 Å². The Kier molecular flexibility index (Phi) is 7.06. The summed E-state index contributed by atoms with van der Waals surface area (Å²) in [6.07, 6.45) is 0. The van der Waals surface area contributed by atoms with Gasteiger partial charge in [0.25, 0.3) is 5.91 Å². The standard InChI is InChI=1S/C21H23ClFN3O3/c1-15-12-16(22)2-7-19(15)24-20(27)13-25-8-10-26(11-9-25)21(28)14-29-18-5-3-17(23)4-6-18/h2-7,12H,8-11,13-14H2,1H3,(H,24,27). The van der Waals surface area contributed by atoms with Crippen LogP contribution in [0.25, 0.3) is 0 Å². The van der Waals surface area contributed by atoms with Gasteiger partial charge in [0.15, 0.2) is 6.61 Å². The van der Waals surface area contributed by atoms with Gasteiger partial charge in [0, 0.05) is 36.9 Å². The van der Waals surface area contributed by atoms with Crippen LogP contribution in [0.1, 0.15) is 5.56 Å². The third-order valence-electron chi connectivity index (χ3n) is 4.73. The maximum absolute atomic E-state index is 12.9. The molecule has 154 valence electrons. The van der Waals surface area contributed by atoms with E-state index in [9.17, 15) is 14.0 Å². The van der Waals surface area contributed by atoms with Crippen LogP contribution in [0.2, 0.25) is 5.02 Å². The zero-order valence-corrected chi connectivity index (χ0v) is 16.9. The molecule has 1 heterocycles. The van der Waals surface area contributed by atoms with Crippen LogP contribution in [0, 0.1) is 12.7 Å². The van der Waals surface area contributed by atoms with Gasteiger partial charge in [-0.2, -0.15) is 0 Å². The molecule has 0 unspecified atom stereocenters. The quantitative estimate of drug-likeness (QED) is 0.782. The monoisotopic (exact) mass is 419 g/mol. The third-order valence-corrected chi connectivity index (χ3v) is 4.97. The molecule has 3 rings (SSSR count). The summed E-state index contributed by atoms with van der Waals surface area (Å²) in [5.41, 5.74) is 1.65. The smallest absolute Gasteiger partial charge is 0.260 e. The number of carbonyl (C=O) groups is 2. The van der Waals surface area contributed by atoms with Crippen LogP contribution < -0.4 is 10.1 Å². The summed E-state index contributed by atoms with van der Waals surface area (Å²) in [5, 5.41) is 3.52. The van der Waals surface area contributed by atoms with E-state index < -0.39 is 0 Å². The van der Waals surface area contributed by atoms with Crippen molar-refractivity contribution in [3.05, 3.63) is 58.9 Å². The Hall–Kier alpha value is -2.64. The van der Waals surface area contributed by atoms with Crippen LogP contribution in [-0.4, -0.2) is 60.9 Å². The second kappa shape index (κ2) is 9.71. The Labute approximate surface area is 174 Å². The van der Waals surface area contributed by atoms with E-state index in [4.69, 9.17) is 16.3 Å². The summed E-state index contributed by atoms with van der Waals surface area (Å²) in [6, 6.07) is 10.9. The minimum Gasteiger partial charge on any atom is -0.484 e. The molecule has 0 aromatic heterocycles. The van der Waals surface area contributed by atoms with Crippen molar-refractivity contribution in [2.75, 3.05) is 44.6 Å². The van der Waals surface area contributed by atoms with Gasteiger partial charge in [0.1, 0.15) is 11.6 Å². The Morgan fingerprint density at radius 3 is 2.45 bits per heavy atom. The van der Waals surface area contributed by atoms with Crippen molar-refractivity contribution in [1.82, 2.24) is 9.80 Å². The van der Waals surface area contributed by atoms with Gasteiger partial charge in [-0.1, -0.05) is 11.6 Å². The molecule has 2 aromatic rings. The average Bonchev–Trinajstić information content (AvgIpc) is 2.70. The zero-order valence-electron chi connectivity index (χ0n) is 16.2. The van der Waals surface area contributed by atoms with Gasteiger partial charge in [0.2, 0.25) is 5.91 Å². The Morgan fingerprint density at radius 2 is 1.79 bits per heavy atom. The van der Waals surface area contributed by atoms with E-state index in [1.54, 1.807) is 23.1 Å². The molecule has 1 aliphatic heterocycles. The highest BCUT2D eigenvalue weighted by Gasteiger charge is 2.23. The number of ether oxygens (including phenoxy) is 1. The molecule has 0 bridgehead atoms. The number of anilines is 1. The van der Waals surface area contributed by atoms with Crippen LogP contribution in [0.5, 0.6) is 5.75 Å². The number of hydrogen-bond donors (Lipinski definition) is 1. The second-order valence-electron chi connectivity index (χ2n) is 6.91. The highest BCUT2D eigenvalue weighted by molar-refractivity contribution is 6.30. The molecule has 8 heteroatoms. The maximum Gasteiger partial charge on any atom is 0.260 e. The number of hydrogen-bond acceptors (Lipinski definition) is 4. The molecule has 0 spiro atoms. The number of aryl methyl sites for hydroxylation is 1. The first-order valence-corrected chi connectivity index (χ1v) is 9.73. The van der Waals surface area contributed by atoms with Crippen molar-refractivity contribution < 1.29 is 18.7 Å². The van der Waals surface area contributed by atoms with Gasteiger partial charge in [-0.25, -0.2) is 4.39 Å². The lowest BCUT2D eigenvalue weighted by Gasteiger charge is -2.34. The fourth-order valence-electron chi connectivity index (χ4n) is 3.08. The summed E-state index contributed by atoms with van der Waals surface area (Å²) in [6.45, 7) is 4.32. The van der Waals surface area contributed by atoms with Crippen molar-refractivity contribution in [3.8, 4) is 5.75 Å². The number of benzene rings is 2. The van der Waals surface area contributed by atoms with E-state index in [2.05, 4.69) is 5.32 Å². The molecule has 0 radical (unpaired) electrons. The number of piperazine rings is 1. The topological polar surface area (TPSA) is 61.9 Å². The number of nitrogens with zero attached hydrogens (tertiary/aromatic N) is 2. The predicted molar refractivity (Wildman–Crippen MR) is 110 cm³/mol. The van der Waals surface area contributed by atoms with E-state index in [1.807, 2.05) is 11.8 Å². The zero-order chi connectivity index (χ0) is 20.8. The van der Waals surface area contributed by atoms with Crippen molar-refractivity contribution in [3.63, 3.8) is 0 Å². The molecule has 0 aliphatic carbocycles. The van der Waals surface area contributed by atoms with E-state index in [-0.39, 0.29) is 30.8 Å². The summed E-state index contributed by atoms with van der Waals surface area (Å²) in [5.74, 6) is -0.132. The highest BCUT2D eigenvalue weighted by Crippen LogP contribution is 2.19. The second-order valence-corrected chi connectivity index (χ2v) is 7.34. The Balaban J connectivity index is 1.40. The summed E-state index contributed by atoms with van der Waals surface area (Å²) >= 11 is 5.93. The Bertz CT molecular complexity index is 868. The van der Waals surface area contributed by atoms with Crippen molar-refractivity contribution in [2.24, 2.45) is 0 Å². The lowest BCUT2D eigenvalue weighted by atomic mass is 10.2. The first kappa shape index (κ1) is 21.1. The molecule has 0 saturated carbocycles. The van der Waals surface area contributed by atoms with E-state index >= 15 is 0 Å². The first-order chi connectivity index (χ1) is 13.9. The molecular weight excluding hydrogens is 397 g/mol. The minimum atomic E-state index is -0.352. The fourth-order valence-corrected chi connectivity index (χ4v) is 3.31. The van der Waals surface area contributed by atoms with E-state index in [1.165, 1.54) is 24.3 Å². The van der Waals surface area contributed by atoms with E-state index in [0.717, 1.165) is 11.3 Å². The maximum atomic E-state index is 12.9. The molecule has 2 amide bonds. The lowest BCUT2D eigenvalue weighted by molar-refractivity contribution is -0.135. The van der Waals surface area contributed by atoms with Crippen molar-refractivity contribution in [1.29, 1.82) is 0 Å². The van der Waals surface area contributed by atoms with Gasteiger partial charge >= 0.3 is 0 Å². The molecule has 29 heavy (non-hydrogen) atoms. The van der Waals surface area contributed by atoms with Gasteiger partial charge in [-0.15, -0.1) is 0 Å². The number of halogens is 2. The first-order valence-electron chi connectivity index (χ1n) is 9.35. The largest absolute Gasteiger partial charge is 0.484 e. The summed E-state index contributed by atoms with van der Waals surface area (Å²) < 4.78 is 18.3. The summed E-state index contributed by atoms with van der Waals surface area (Å²) in [7, 11) is 0. The molecule has 1 N–H and O–H groups in total. The highest BCUT2D eigenvalue weighted by atomic mass is 35.5. The predicted octanol–water partition coefficient (Wildman–Crippen LogP) is 2.95. The Morgan fingerprint density at radius 1 is 1.10 bits per heavy atom. The molecule has 0 atom stereocenters. The average molecular weight is 420 g/mol. The SMILES string of the molecule is Cc1cc(Cl)ccc1NC(=O)CN1CCN(C(=O)COc2ccc(F)cc2)CC1. The van der Waals surface area contributed by atoms with E-state index in [0.29, 0.717) is 37.0 Å². The lowest BCUT2D eigenvalue weighted by Crippen LogP contribution is -2.51. The van der Waals surface area contributed by atoms with Crippen LogP contribution >= 0.6 is 11.6 Å². The van der Waals surface area contributed by atoms with Crippen LogP contribution in [-0.2, 0) is 9.59 Å². The van der Waals surface area contributed by atoms with Crippen LogP contribution in [0.4, 0.5) is 10.1 Å². The third kappa shape index (κ3) is 6.17. The number of nitrogens with one attached hydrogen (secondary N) is 1. The molecule has 1 saturated heterocycles. The molecule has 1 fully saturated rings. The van der Waals surface area contributed by atoms with Gasteiger partial charge in [0.05, 0.1) is 6.54 Å². The molecule has 1 aliphatic rings. The minimum absolute atomic E-state index is 0.0953. The molecular formula is C21H23ClFN3O3. The number of rotatable bonds is 6. The molecule has 6 nitrogen and oxygen atoms in total. The van der Waals surface area contributed by atoms with Crippen molar-refractivity contribution in [2.45, 2.75) is 6.92 Å². The number of amides is 2. The molecule has 2 aromatic carbocycles. The number of carbonyl (C=O) groups excluding carboxylic acids is 2.